The molecular formula is C28H30ClF2N3O4S. The van der Waals surface area contributed by atoms with Crippen molar-refractivity contribution in [1.29, 1.82) is 0 Å². The van der Waals surface area contributed by atoms with Crippen molar-refractivity contribution in [2.24, 2.45) is 0 Å². The number of anilines is 1. The minimum Gasteiger partial charge on any atom is -0.352 e. The maximum absolute atomic E-state index is 13.9. The third-order valence-electron chi connectivity index (χ3n) is 5.88. The molecule has 3 aromatic rings. The molecular weight excluding hydrogens is 548 g/mol. The topological polar surface area (TPSA) is 86.8 Å². The van der Waals surface area contributed by atoms with Gasteiger partial charge in [0.15, 0.2) is 0 Å². The number of hydrogen-bond donors (Lipinski definition) is 1. The van der Waals surface area contributed by atoms with Crippen LogP contribution in [-0.4, -0.2) is 43.8 Å². The molecule has 39 heavy (non-hydrogen) atoms. The van der Waals surface area contributed by atoms with Crippen molar-refractivity contribution in [1.82, 2.24) is 10.2 Å². The second kappa shape index (κ2) is 13.0. The molecule has 7 nitrogen and oxygen atoms in total. The van der Waals surface area contributed by atoms with Gasteiger partial charge in [-0.2, -0.15) is 0 Å². The Morgan fingerprint density at radius 2 is 1.62 bits per heavy atom. The Kier molecular flexibility index (Phi) is 10.0. The van der Waals surface area contributed by atoms with Crippen LogP contribution in [-0.2, 0) is 26.2 Å². The molecule has 0 aliphatic heterocycles. The monoisotopic (exact) mass is 577 g/mol. The van der Waals surface area contributed by atoms with Gasteiger partial charge in [-0.05, 0) is 68.3 Å². The molecule has 3 rings (SSSR count). The Morgan fingerprint density at radius 1 is 0.974 bits per heavy atom. The fourth-order valence-electron chi connectivity index (χ4n) is 3.98. The van der Waals surface area contributed by atoms with Crippen molar-refractivity contribution < 1.29 is 26.8 Å². The van der Waals surface area contributed by atoms with Gasteiger partial charge in [0.2, 0.25) is 11.8 Å². The fraction of sp³-hybridized carbons (Fsp3) is 0.286. The van der Waals surface area contributed by atoms with E-state index in [1.807, 2.05) is 0 Å². The summed E-state index contributed by atoms with van der Waals surface area (Å²) in [4.78, 5) is 28.1. The van der Waals surface area contributed by atoms with Gasteiger partial charge in [-0.15, -0.1) is 0 Å². The summed E-state index contributed by atoms with van der Waals surface area (Å²) in [6.07, 6.45) is 0.235. The molecule has 0 unspecified atom stereocenters. The smallest absolute Gasteiger partial charge is 0.264 e. The van der Waals surface area contributed by atoms with Crippen LogP contribution in [0.5, 0.6) is 0 Å². The molecule has 2 amide bonds. The quantitative estimate of drug-likeness (QED) is 0.342. The minimum atomic E-state index is -4.31. The minimum absolute atomic E-state index is 0.0278. The predicted molar refractivity (Wildman–Crippen MR) is 147 cm³/mol. The van der Waals surface area contributed by atoms with Gasteiger partial charge in [0.25, 0.3) is 10.0 Å². The van der Waals surface area contributed by atoms with Crippen molar-refractivity contribution in [3.63, 3.8) is 0 Å². The zero-order valence-corrected chi connectivity index (χ0v) is 23.3. The summed E-state index contributed by atoms with van der Waals surface area (Å²) in [7, 11) is -4.31. The van der Waals surface area contributed by atoms with Gasteiger partial charge < -0.3 is 10.2 Å². The molecule has 0 aliphatic carbocycles. The fourth-order valence-corrected chi connectivity index (χ4v) is 5.58. The molecule has 0 radical (unpaired) electrons. The van der Waals surface area contributed by atoms with Crippen LogP contribution in [0.25, 0.3) is 0 Å². The van der Waals surface area contributed by atoms with E-state index in [0.717, 1.165) is 16.4 Å². The lowest BCUT2D eigenvalue weighted by Gasteiger charge is -2.33. The summed E-state index contributed by atoms with van der Waals surface area (Å²) in [6, 6.07) is 15.1. The van der Waals surface area contributed by atoms with E-state index in [1.165, 1.54) is 59.5 Å². The Hall–Kier alpha value is -3.50. The van der Waals surface area contributed by atoms with Crippen LogP contribution in [0.4, 0.5) is 14.5 Å². The molecule has 0 fully saturated rings. The Bertz CT molecular complexity index is 1400. The summed E-state index contributed by atoms with van der Waals surface area (Å²) in [6.45, 7) is 4.51. The molecule has 11 heteroatoms. The van der Waals surface area contributed by atoms with Gasteiger partial charge in [0.1, 0.15) is 24.2 Å². The van der Waals surface area contributed by atoms with Crippen molar-refractivity contribution >= 4 is 39.1 Å². The Balaban J connectivity index is 2.07. The zero-order valence-electron chi connectivity index (χ0n) is 21.8. The van der Waals surface area contributed by atoms with Crippen LogP contribution in [0.2, 0.25) is 5.02 Å². The highest BCUT2D eigenvalue weighted by Crippen LogP contribution is 2.28. The van der Waals surface area contributed by atoms with Crippen LogP contribution >= 0.6 is 11.6 Å². The van der Waals surface area contributed by atoms with Gasteiger partial charge in [-0.1, -0.05) is 48.9 Å². The van der Waals surface area contributed by atoms with Gasteiger partial charge in [0, 0.05) is 12.6 Å². The van der Waals surface area contributed by atoms with E-state index >= 15 is 0 Å². The SMILES string of the molecule is CC[C@H](C(=O)NC(C)C)N(Cc1ccc(F)cc1)C(=O)CN(c1ccc(F)c(Cl)c1)S(=O)(=O)c1ccccc1. The summed E-state index contributed by atoms with van der Waals surface area (Å²) in [5.74, 6) is -2.32. The number of nitrogens with zero attached hydrogens (tertiary/aromatic N) is 2. The number of rotatable bonds is 11. The highest BCUT2D eigenvalue weighted by atomic mass is 35.5. The van der Waals surface area contributed by atoms with Crippen LogP contribution in [0.1, 0.15) is 32.8 Å². The molecule has 0 heterocycles. The van der Waals surface area contributed by atoms with Crippen molar-refractivity contribution in [3.05, 3.63) is 95.0 Å². The van der Waals surface area contributed by atoms with Gasteiger partial charge in [0.05, 0.1) is 15.6 Å². The van der Waals surface area contributed by atoms with Gasteiger partial charge >= 0.3 is 0 Å². The lowest BCUT2D eigenvalue weighted by molar-refractivity contribution is -0.140. The van der Waals surface area contributed by atoms with E-state index in [1.54, 1.807) is 26.8 Å². The molecule has 1 atom stereocenters. The molecule has 0 aromatic heterocycles. The third-order valence-corrected chi connectivity index (χ3v) is 7.96. The maximum atomic E-state index is 13.9. The largest absolute Gasteiger partial charge is 0.352 e. The second-order valence-electron chi connectivity index (χ2n) is 9.16. The number of carbonyl (C=O) groups excluding carboxylic acids is 2. The molecule has 3 aromatic carbocycles. The van der Waals surface area contributed by atoms with E-state index in [0.29, 0.717) is 5.56 Å². The average Bonchev–Trinajstić information content (AvgIpc) is 2.90. The first kappa shape index (κ1) is 30.0. The molecule has 208 valence electrons. The maximum Gasteiger partial charge on any atom is 0.264 e. The second-order valence-corrected chi connectivity index (χ2v) is 11.4. The van der Waals surface area contributed by atoms with Gasteiger partial charge in [-0.25, -0.2) is 17.2 Å². The van der Waals surface area contributed by atoms with E-state index in [4.69, 9.17) is 11.6 Å². The average molecular weight is 578 g/mol. The highest BCUT2D eigenvalue weighted by molar-refractivity contribution is 7.92. The number of nitrogens with one attached hydrogen (secondary N) is 1. The van der Waals surface area contributed by atoms with E-state index in [9.17, 15) is 26.8 Å². The van der Waals surface area contributed by atoms with E-state index < -0.39 is 46.1 Å². The van der Waals surface area contributed by atoms with E-state index in [2.05, 4.69) is 5.32 Å². The number of amides is 2. The molecule has 0 aliphatic rings. The van der Waals surface area contributed by atoms with Crippen molar-refractivity contribution in [2.45, 2.75) is 50.7 Å². The normalized spacial score (nSPS) is 12.2. The van der Waals surface area contributed by atoms with Crippen molar-refractivity contribution in [3.8, 4) is 0 Å². The first-order valence-corrected chi connectivity index (χ1v) is 14.1. The summed E-state index contributed by atoms with van der Waals surface area (Å²) in [5.41, 5.74) is 0.517. The summed E-state index contributed by atoms with van der Waals surface area (Å²) < 4.78 is 55.7. The summed E-state index contributed by atoms with van der Waals surface area (Å²) >= 11 is 5.96. The number of hydrogen-bond acceptors (Lipinski definition) is 4. The lowest BCUT2D eigenvalue weighted by Crippen LogP contribution is -2.53. The van der Waals surface area contributed by atoms with Crippen LogP contribution in [0.15, 0.2) is 77.7 Å². The number of halogens is 3. The highest BCUT2D eigenvalue weighted by Gasteiger charge is 2.34. The van der Waals surface area contributed by atoms with Gasteiger partial charge in [-0.3, -0.25) is 13.9 Å². The Morgan fingerprint density at radius 3 is 2.18 bits per heavy atom. The standard InChI is InChI=1S/C28H30ClF2N3O4S/c1-4-26(28(36)32-19(2)3)33(17-20-10-12-21(30)13-11-20)27(35)18-34(22-14-15-25(31)24(29)16-22)39(37,38)23-8-6-5-7-9-23/h5-16,19,26H,4,17-18H2,1-3H3,(H,32,36)/t26-/m1/s1. The molecule has 1 N–H and O–H groups in total. The Labute approximate surface area is 232 Å². The van der Waals surface area contributed by atoms with Crippen LogP contribution in [0.3, 0.4) is 0 Å². The zero-order chi connectivity index (χ0) is 28.7. The molecule has 0 spiro atoms. The molecule has 0 bridgehead atoms. The van der Waals surface area contributed by atoms with Crippen LogP contribution in [0, 0.1) is 11.6 Å². The first-order valence-electron chi connectivity index (χ1n) is 12.3. The first-order chi connectivity index (χ1) is 18.4. The lowest BCUT2D eigenvalue weighted by atomic mass is 10.1. The predicted octanol–water partition coefficient (Wildman–Crippen LogP) is 5.15. The van der Waals surface area contributed by atoms with Crippen molar-refractivity contribution in [2.75, 3.05) is 10.8 Å². The number of carbonyl (C=O) groups is 2. The third kappa shape index (κ3) is 7.54. The number of sulfonamides is 1. The number of benzene rings is 3. The summed E-state index contributed by atoms with van der Waals surface area (Å²) in [5, 5.41) is 2.47. The molecule has 0 saturated heterocycles. The van der Waals surface area contributed by atoms with Crippen LogP contribution < -0.4 is 9.62 Å². The molecule has 0 saturated carbocycles. The van der Waals surface area contributed by atoms with E-state index in [-0.39, 0.29) is 34.6 Å².